The van der Waals surface area contributed by atoms with E-state index >= 15 is 0 Å². The summed E-state index contributed by atoms with van der Waals surface area (Å²) in [6, 6.07) is 2.30. The highest BCUT2D eigenvalue weighted by atomic mass is 79.9. The number of anilines is 1. The molecule has 0 spiro atoms. The van der Waals surface area contributed by atoms with Crippen LogP contribution < -0.4 is 4.90 Å². The number of pyridine rings is 1. The molecule has 2 rings (SSSR count). The van der Waals surface area contributed by atoms with Crippen molar-refractivity contribution < 1.29 is 19.1 Å². The predicted molar refractivity (Wildman–Crippen MR) is 121 cm³/mol. The third kappa shape index (κ3) is 6.94. The molecule has 8 heteroatoms. The maximum Gasteiger partial charge on any atom is 0.425 e. The lowest BCUT2D eigenvalue weighted by molar-refractivity contribution is 0.0429. The molecule has 0 bridgehead atoms. The van der Waals surface area contributed by atoms with Gasteiger partial charge < -0.3 is 9.47 Å². The zero-order chi connectivity index (χ0) is 22.7. The Morgan fingerprint density at radius 2 is 1.73 bits per heavy atom. The number of carbonyl (C=O) groups is 2. The minimum atomic E-state index is -0.815. The Labute approximate surface area is 188 Å². The molecule has 1 aromatic heterocycles. The highest BCUT2D eigenvalue weighted by molar-refractivity contribution is 9.10. The molecule has 2 heterocycles. The predicted octanol–water partition coefficient (Wildman–Crippen LogP) is 5.90. The van der Waals surface area contributed by atoms with Gasteiger partial charge >= 0.3 is 12.2 Å². The summed E-state index contributed by atoms with van der Waals surface area (Å²) < 4.78 is 11.7. The number of amides is 2. The number of nitrogens with zero attached hydrogens (tertiary/aromatic N) is 3. The van der Waals surface area contributed by atoms with Gasteiger partial charge in [0.2, 0.25) is 0 Å². The van der Waals surface area contributed by atoms with E-state index < -0.39 is 23.4 Å². The summed E-state index contributed by atoms with van der Waals surface area (Å²) in [6.45, 7) is 14.4. The maximum absolute atomic E-state index is 12.9. The summed E-state index contributed by atoms with van der Waals surface area (Å²) in [5, 5.41) is 0. The number of imide groups is 1. The van der Waals surface area contributed by atoms with Gasteiger partial charge in [0.05, 0.1) is 0 Å². The van der Waals surface area contributed by atoms with Gasteiger partial charge in [-0.3, -0.25) is 4.90 Å². The standard InChI is InChI=1S/C22H34BrN3O4/c1-8-16-10-9-11-25(16)14-15-12-18(24-13-17(15)23)26(19(27)29-21(2,3)4)20(28)30-22(5,6)7/h12-13,16H,8-11,14H2,1-7H3/t16-/m1/s1. The van der Waals surface area contributed by atoms with Crippen LogP contribution in [0, 0.1) is 0 Å². The van der Waals surface area contributed by atoms with Crippen LogP contribution in [-0.2, 0) is 16.0 Å². The molecule has 1 fully saturated rings. The number of carbonyl (C=O) groups excluding carboxylic acids is 2. The first-order valence-electron chi connectivity index (χ1n) is 10.5. The Morgan fingerprint density at radius 3 is 2.23 bits per heavy atom. The molecule has 0 saturated carbocycles. The molecule has 1 aliphatic rings. The van der Waals surface area contributed by atoms with Crippen molar-refractivity contribution in [3.05, 3.63) is 22.3 Å². The van der Waals surface area contributed by atoms with Crippen molar-refractivity contribution in [2.24, 2.45) is 0 Å². The van der Waals surface area contributed by atoms with Crippen LogP contribution in [0.25, 0.3) is 0 Å². The number of hydrogen-bond acceptors (Lipinski definition) is 6. The molecule has 0 aliphatic carbocycles. The van der Waals surface area contributed by atoms with Crippen LogP contribution in [0.2, 0.25) is 0 Å². The van der Waals surface area contributed by atoms with E-state index in [9.17, 15) is 9.59 Å². The molecule has 1 aliphatic heterocycles. The molecule has 1 aromatic rings. The van der Waals surface area contributed by atoms with Crippen LogP contribution in [0.1, 0.15) is 73.3 Å². The van der Waals surface area contributed by atoms with E-state index in [1.165, 1.54) is 12.8 Å². The smallest absolute Gasteiger partial charge is 0.425 e. The van der Waals surface area contributed by atoms with Crippen molar-refractivity contribution in [1.29, 1.82) is 0 Å². The third-order valence-electron chi connectivity index (χ3n) is 4.65. The molecule has 168 valence electrons. The van der Waals surface area contributed by atoms with Gasteiger partial charge in [-0.2, -0.15) is 4.90 Å². The Bertz CT molecular complexity index is 743. The van der Waals surface area contributed by atoms with Gasteiger partial charge in [-0.1, -0.05) is 6.92 Å². The fourth-order valence-corrected chi connectivity index (χ4v) is 3.71. The maximum atomic E-state index is 12.9. The summed E-state index contributed by atoms with van der Waals surface area (Å²) in [4.78, 5) is 33.3. The number of rotatable bonds is 4. The lowest BCUT2D eigenvalue weighted by Crippen LogP contribution is -2.44. The van der Waals surface area contributed by atoms with Crippen LogP contribution in [0.15, 0.2) is 16.7 Å². The monoisotopic (exact) mass is 483 g/mol. The number of likely N-dealkylation sites (tertiary alicyclic amines) is 1. The lowest BCUT2D eigenvalue weighted by atomic mass is 10.1. The van der Waals surface area contributed by atoms with E-state index in [0.717, 1.165) is 27.9 Å². The van der Waals surface area contributed by atoms with Crippen molar-refractivity contribution in [2.75, 3.05) is 11.4 Å². The molecule has 30 heavy (non-hydrogen) atoms. The molecule has 0 radical (unpaired) electrons. The second-order valence-corrected chi connectivity index (χ2v) is 10.5. The molecular weight excluding hydrogens is 450 g/mol. The van der Waals surface area contributed by atoms with Gasteiger partial charge in [-0.15, -0.1) is 0 Å². The van der Waals surface area contributed by atoms with Gasteiger partial charge in [0.1, 0.15) is 17.0 Å². The Balaban J connectivity index is 2.37. The second-order valence-electron chi connectivity index (χ2n) is 9.60. The first-order valence-corrected chi connectivity index (χ1v) is 11.2. The van der Waals surface area contributed by atoms with Crippen molar-refractivity contribution >= 4 is 33.9 Å². The zero-order valence-electron chi connectivity index (χ0n) is 19.1. The molecule has 7 nitrogen and oxygen atoms in total. The minimum absolute atomic E-state index is 0.184. The van der Waals surface area contributed by atoms with E-state index in [0.29, 0.717) is 12.6 Å². The first-order chi connectivity index (χ1) is 13.8. The van der Waals surface area contributed by atoms with E-state index in [2.05, 4.69) is 32.7 Å². The molecule has 2 amide bonds. The van der Waals surface area contributed by atoms with Crippen LogP contribution in [0.3, 0.4) is 0 Å². The summed E-state index contributed by atoms with van der Waals surface area (Å²) in [5.41, 5.74) is -0.573. The number of hydrogen-bond donors (Lipinski definition) is 0. The van der Waals surface area contributed by atoms with Crippen molar-refractivity contribution in [3.8, 4) is 0 Å². The van der Waals surface area contributed by atoms with E-state index in [1.54, 1.807) is 53.8 Å². The quantitative estimate of drug-likeness (QED) is 0.530. The Kier molecular flexibility index (Phi) is 7.91. The summed E-state index contributed by atoms with van der Waals surface area (Å²) >= 11 is 3.56. The van der Waals surface area contributed by atoms with Gasteiger partial charge in [0.15, 0.2) is 0 Å². The average molecular weight is 484 g/mol. The number of aromatic nitrogens is 1. The SMILES string of the molecule is CC[C@@H]1CCCN1Cc1cc(N(C(=O)OC(C)(C)C)C(=O)OC(C)(C)C)ncc1Br. The van der Waals surface area contributed by atoms with Crippen molar-refractivity contribution in [1.82, 2.24) is 9.88 Å². The third-order valence-corrected chi connectivity index (χ3v) is 5.36. The van der Waals surface area contributed by atoms with Crippen LogP contribution in [0.4, 0.5) is 15.4 Å². The van der Waals surface area contributed by atoms with Crippen LogP contribution in [0.5, 0.6) is 0 Å². The molecule has 1 saturated heterocycles. The number of ether oxygens (including phenoxy) is 2. The second kappa shape index (κ2) is 9.64. The Hall–Kier alpha value is -1.67. The molecule has 0 aromatic carbocycles. The minimum Gasteiger partial charge on any atom is -0.443 e. The Morgan fingerprint density at radius 1 is 1.17 bits per heavy atom. The summed E-state index contributed by atoms with van der Waals surface area (Å²) in [5.74, 6) is 0.184. The number of halogens is 1. The highest BCUT2D eigenvalue weighted by Gasteiger charge is 2.34. The van der Waals surface area contributed by atoms with E-state index in [4.69, 9.17) is 9.47 Å². The highest BCUT2D eigenvalue weighted by Crippen LogP contribution is 2.28. The first kappa shape index (κ1) is 24.6. The van der Waals surface area contributed by atoms with Gasteiger partial charge in [0.25, 0.3) is 0 Å². The van der Waals surface area contributed by atoms with E-state index in [1.807, 2.05) is 0 Å². The largest absolute Gasteiger partial charge is 0.443 e. The molecule has 1 atom stereocenters. The van der Waals surface area contributed by atoms with Crippen molar-refractivity contribution in [3.63, 3.8) is 0 Å². The van der Waals surface area contributed by atoms with Crippen molar-refractivity contribution in [2.45, 2.75) is 91.5 Å². The van der Waals surface area contributed by atoms with E-state index in [-0.39, 0.29) is 5.82 Å². The topological polar surface area (TPSA) is 72.0 Å². The lowest BCUT2D eigenvalue weighted by Gasteiger charge is -2.28. The van der Waals surface area contributed by atoms with Crippen LogP contribution in [-0.4, -0.2) is 45.9 Å². The normalized spacial score (nSPS) is 17.7. The van der Waals surface area contributed by atoms with Crippen LogP contribution >= 0.6 is 15.9 Å². The molecular formula is C22H34BrN3O4. The molecule has 0 N–H and O–H groups in total. The van der Waals surface area contributed by atoms with Gasteiger partial charge in [-0.05, 0) is 94.9 Å². The summed E-state index contributed by atoms with van der Waals surface area (Å²) in [6.07, 6.45) is 3.44. The average Bonchev–Trinajstić information content (AvgIpc) is 3.01. The fraction of sp³-hybridized carbons (Fsp3) is 0.682. The van der Waals surface area contributed by atoms with Gasteiger partial charge in [0, 0.05) is 23.3 Å². The van der Waals surface area contributed by atoms with Gasteiger partial charge in [-0.25, -0.2) is 14.6 Å². The molecule has 0 unspecified atom stereocenters. The zero-order valence-corrected chi connectivity index (χ0v) is 20.7. The summed E-state index contributed by atoms with van der Waals surface area (Å²) in [7, 11) is 0. The fourth-order valence-electron chi connectivity index (χ4n) is 3.37.